The predicted octanol–water partition coefficient (Wildman–Crippen LogP) is 1.99. The Balaban J connectivity index is 1.26. The summed E-state index contributed by atoms with van der Waals surface area (Å²) in [5.74, 6) is -0.0656. The van der Waals surface area contributed by atoms with E-state index in [1.165, 1.54) is 0 Å². The highest BCUT2D eigenvalue weighted by molar-refractivity contribution is 5.95. The molecule has 3 N–H and O–H groups in total. The Hall–Kier alpha value is -2.77. The number of anilines is 1. The van der Waals surface area contributed by atoms with Crippen molar-refractivity contribution >= 4 is 23.7 Å². The molecule has 0 radical (unpaired) electrons. The molecule has 5 amide bonds. The molecule has 1 saturated carbocycles. The van der Waals surface area contributed by atoms with Gasteiger partial charge in [0.25, 0.3) is 5.91 Å². The smallest absolute Gasteiger partial charge is 0.321 e. The van der Waals surface area contributed by atoms with Crippen molar-refractivity contribution in [3.05, 3.63) is 29.8 Å². The first-order valence-corrected chi connectivity index (χ1v) is 10.1. The summed E-state index contributed by atoms with van der Waals surface area (Å²) in [6, 6.07) is 7.37. The van der Waals surface area contributed by atoms with Crippen LogP contribution in [0.4, 0.5) is 15.3 Å². The molecule has 8 heteroatoms. The van der Waals surface area contributed by atoms with E-state index in [4.69, 9.17) is 0 Å². The van der Waals surface area contributed by atoms with Gasteiger partial charge in [0, 0.05) is 49.5 Å². The summed E-state index contributed by atoms with van der Waals surface area (Å²) in [7, 11) is 0. The molecule has 0 aromatic heterocycles. The Morgan fingerprint density at radius 1 is 1.00 bits per heavy atom. The average Bonchev–Trinajstić information content (AvgIpc) is 3.53. The molecule has 2 heterocycles. The van der Waals surface area contributed by atoms with E-state index in [9.17, 15) is 14.4 Å². The van der Waals surface area contributed by atoms with Crippen molar-refractivity contribution in [2.45, 2.75) is 44.2 Å². The minimum Gasteiger partial charge on any atom is -0.349 e. The monoisotopic (exact) mass is 385 g/mol. The Morgan fingerprint density at radius 3 is 2.36 bits per heavy atom. The third kappa shape index (κ3) is 4.37. The molecular weight excluding hydrogens is 358 g/mol. The molecule has 3 aliphatic rings. The summed E-state index contributed by atoms with van der Waals surface area (Å²) in [5, 5.41) is 8.73. The van der Waals surface area contributed by atoms with Crippen LogP contribution in [0, 0.1) is 0 Å². The lowest BCUT2D eigenvalue weighted by Crippen LogP contribution is -2.55. The third-order valence-corrected chi connectivity index (χ3v) is 5.62. The lowest BCUT2D eigenvalue weighted by Gasteiger charge is -2.40. The Kier molecular flexibility index (Phi) is 5.36. The van der Waals surface area contributed by atoms with E-state index in [0.29, 0.717) is 30.4 Å². The van der Waals surface area contributed by atoms with Crippen LogP contribution < -0.4 is 16.0 Å². The minimum atomic E-state index is -0.142. The molecule has 2 saturated heterocycles. The van der Waals surface area contributed by atoms with Gasteiger partial charge in [0.2, 0.25) is 0 Å². The molecule has 150 valence electrons. The number of amides is 5. The van der Waals surface area contributed by atoms with Crippen molar-refractivity contribution in [3.63, 3.8) is 0 Å². The highest BCUT2D eigenvalue weighted by atomic mass is 16.2. The Labute approximate surface area is 164 Å². The predicted molar refractivity (Wildman–Crippen MR) is 105 cm³/mol. The van der Waals surface area contributed by atoms with Crippen LogP contribution in [0.25, 0.3) is 0 Å². The van der Waals surface area contributed by atoms with Gasteiger partial charge in [-0.15, -0.1) is 0 Å². The first kappa shape index (κ1) is 18.6. The highest BCUT2D eigenvalue weighted by Crippen LogP contribution is 2.21. The van der Waals surface area contributed by atoms with Crippen LogP contribution >= 0.6 is 0 Å². The normalized spacial score (nSPS) is 20.5. The van der Waals surface area contributed by atoms with Crippen LogP contribution in [0.1, 0.15) is 42.5 Å². The van der Waals surface area contributed by atoms with Crippen molar-refractivity contribution in [1.29, 1.82) is 0 Å². The van der Waals surface area contributed by atoms with Gasteiger partial charge in [-0.2, -0.15) is 0 Å². The Morgan fingerprint density at radius 2 is 1.71 bits per heavy atom. The molecule has 1 aliphatic carbocycles. The number of rotatable bonds is 4. The number of urea groups is 2. The largest absolute Gasteiger partial charge is 0.349 e. The van der Waals surface area contributed by atoms with Crippen LogP contribution in [-0.2, 0) is 0 Å². The molecule has 0 spiro atoms. The second kappa shape index (κ2) is 8.08. The van der Waals surface area contributed by atoms with Gasteiger partial charge in [-0.25, -0.2) is 9.59 Å². The summed E-state index contributed by atoms with van der Waals surface area (Å²) >= 11 is 0. The zero-order valence-electron chi connectivity index (χ0n) is 15.9. The van der Waals surface area contributed by atoms with E-state index in [2.05, 4.69) is 16.0 Å². The van der Waals surface area contributed by atoms with Crippen LogP contribution in [0.2, 0.25) is 0 Å². The van der Waals surface area contributed by atoms with E-state index in [1.54, 1.807) is 29.2 Å². The first-order valence-electron chi connectivity index (χ1n) is 10.1. The van der Waals surface area contributed by atoms with Crippen molar-refractivity contribution in [1.82, 2.24) is 20.4 Å². The van der Waals surface area contributed by atoms with Crippen LogP contribution in [0.3, 0.4) is 0 Å². The SMILES string of the molecule is O=C(NC1CC1)c1ccc(NC(=O)N2CCC(N3CCCNC3=O)CC2)cc1. The molecular formula is C20H27N5O3. The molecule has 3 fully saturated rings. The van der Waals surface area contributed by atoms with Crippen molar-refractivity contribution in [2.24, 2.45) is 0 Å². The molecule has 1 aromatic carbocycles. The number of carbonyl (C=O) groups is 3. The fourth-order valence-electron chi connectivity index (χ4n) is 3.78. The van der Waals surface area contributed by atoms with Crippen molar-refractivity contribution in [3.8, 4) is 0 Å². The van der Waals surface area contributed by atoms with Crippen LogP contribution in [0.5, 0.6) is 0 Å². The number of likely N-dealkylation sites (tertiary alicyclic amines) is 1. The summed E-state index contributed by atoms with van der Waals surface area (Å²) < 4.78 is 0. The van der Waals surface area contributed by atoms with E-state index < -0.39 is 0 Å². The summed E-state index contributed by atoms with van der Waals surface area (Å²) in [4.78, 5) is 40.2. The fraction of sp³-hybridized carbons (Fsp3) is 0.550. The zero-order chi connectivity index (χ0) is 19.5. The molecule has 28 heavy (non-hydrogen) atoms. The van der Waals surface area contributed by atoms with E-state index in [1.807, 2.05) is 4.90 Å². The molecule has 0 unspecified atom stereocenters. The fourth-order valence-corrected chi connectivity index (χ4v) is 3.78. The zero-order valence-corrected chi connectivity index (χ0v) is 15.9. The van der Waals surface area contributed by atoms with Crippen molar-refractivity contribution in [2.75, 3.05) is 31.5 Å². The standard InChI is InChI=1S/C20H27N5O3/c26-18(22-15-6-7-15)14-2-4-16(5-3-14)23-20(28)24-12-8-17(9-13-24)25-11-1-10-21-19(25)27/h2-5,15,17H,1,6-13H2,(H,21,27)(H,22,26)(H,23,28). The van der Waals surface area contributed by atoms with Crippen LogP contribution in [-0.4, -0.2) is 66.0 Å². The van der Waals surface area contributed by atoms with Gasteiger partial charge in [0.1, 0.15) is 0 Å². The topological polar surface area (TPSA) is 93.8 Å². The van der Waals surface area contributed by atoms with Gasteiger partial charge in [-0.3, -0.25) is 4.79 Å². The van der Waals surface area contributed by atoms with E-state index >= 15 is 0 Å². The summed E-state index contributed by atoms with van der Waals surface area (Å²) in [5.41, 5.74) is 1.27. The summed E-state index contributed by atoms with van der Waals surface area (Å²) in [6.45, 7) is 2.80. The van der Waals surface area contributed by atoms with Crippen LogP contribution in [0.15, 0.2) is 24.3 Å². The molecule has 1 aromatic rings. The second-order valence-corrected chi connectivity index (χ2v) is 7.75. The maximum Gasteiger partial charge on any atom is 0.321 e. The maximum absolute atomic E-state index is 12.5. The van der Waals surface area contributed by atoms with Gasteiger partial charge in [-0.05, 0) is 56.4 Å². The lowest BCUT2D eigenvalue weighted by molar-refractivity contribution is 0.0951. The first-order chi connectivity index (χ1) is 13.6. The van der Waals surface area contributed by atoms with Gasteiger partial charge in [0.05, 0.1) is 0 Å². The number of nitrogens with zero attached hydrogens (tertiary/aromatic N) is 2. The number of carbonyl (C=O) groups excluding carboxylic acids is 3. The van der Waals surface area contributed by atoms with Gasteiger partial charge in [0.15, 0.2) is 0 Å². The molecule has 0 bridgehead atoms. The van der Waals surface area contributed by atoms with Crippen molar-refractivity contribution < 1.29 is 14.4 Å². The number of piperidine rings is 1. The number of hydrogen-bond acceptors (Lipinski definition) is 3. The van der Waals surface area contributed by atoms with Gasteiger partial charge >= 0.3 is 12.1 Å². The quantitative estimate of drug-likeness (QED) is 0.740. The number of benzene rings is 1. The average molecular weight is 385 g/mol. The lowest BCUT2D eigenvalue weighted by atomic mass is 10.0. The van der Waals surface area contributed by atoms with Gasteiger partial charge < -0.3 is 25.8 Å². The third-order valence-electron chi connectivity index (χ3n) is 5.62. The number of hydrogen-bond donors (Lipinski definition) is 3. The number of nitrogens with one attached hydrogen (secondary N) is 3. The molecule has 2 aliphatic heterocycles. The van der Waals surface area contributed by atoms with E-state index in [-0.39, 0.29) is 24.0 Å². The highest BCUT2D eigenvalue weighted by Gasteiger charge is 2.30. The summed E-state index contributed by atoms with van der Waals surface area (Å²) in [6.07, 6.45) is 4.67. The Bertz CT molecular complexity index is 739. The van der Waals surface area contributed by atoms with E-state index in [0.717, 1.165) is 45.2 Å². The minimum absolute atomic E-state index is 0.0139. The molecule has 8 nitrogen and oxygen atoms in total. The van der Waals surface area contributed by atoms with Gasteiger partial charge in [-0.1, -0.05) is 0 Å². The second-order valence-electron chi connectivity index (χ2n) is 7.75. The molecule has 0 atom stereocenters. The maximum atomic E-state index is 12.5. The molecule has 4 rings (SSSR count).